The Balaban J connectivity index is 1.67. The number of carbonyl (C=O) groups excluding carboxylic acids is 3. The summed E-state index contributed by atoms with van der Waals surface area (Å²) in [7, 11) is 0. The van der Waals surface area contributed by atoms with Crippen molar-refractivity contribution in [2.45, 2.75) is 24.4 Å². The van der Waals surface area contributed by atoms with Crippen LogP contribution in [-0.2, 0) is 14.2 Å². The van der Waals surface area contributed by atoms with Gasteiger partial charge in [0.2, 0.25) is 0 Å². The van der Waals surface area contributed by atoms with Crippen LogP contribution in [0.4, 0.5) is 0 Å². The first-order chi connectivity index (χ1) is 17.4. The number of aromatic nitrogens is 3. The van der Waals surface area contributed by atoms with Crippen LogP contribution in [0.25, 0.3) is 0 Å². The van der Waals surface area contributed by atoms with Crippen molar-refractivity contribution in [2.75, 3.05) is 13.2 Å². The van der Waals surface area contributed by atoms with Crippen molar-refractivity contribution in [3.05, 3.63) is 90.3 Å². The number of ether oxygens (including phenoxy) is 3. The van der Waals surface area contributed by atoms with E-state index >= 15 is 0 Å². The summed E-state index contributed by atoms with van der Waals surface area (Å²) in [4.78, 5) is 48.2. The lowest BCUT2D eigenvalue weighted by Gasteiger charge is -2.29. The molecule has 12 nitrogen and oxygen atoms in total. The molecule has 3 rings (SSSR count). The number of esters is 3. The van der Waals surface area contributed by atoms with Crippen molar-refractivity contribution in [1.82, 2.24) is 15.0 Å². The van der Waals surface area contributed by atoms with Gasteiger partial charge in [-0.2, -0.15) is 0 Å². The molecule has 0 unspecified atom stereocenters. The van der Waals surface area contributed by atoms with Crippen molar-refractivity contribution in [3.63, 3.8) is 0 Å². The molecule has 0 bridgehead atoms. The van der Waals surface area contributed by atoms with Crippen molar-refractivity contribution >= 4 is 17.9 Å². The van der Waals surface area contributed by atoms with Crippen LogP contribution >= 0.6 is 0 Å². The molecule has 0 radical (unpaired) electrons. The minimum Gasteiger partial charge on any atom is -0.459 e. The largest absolute Gasteiger partial charge is 0.459 e. The highest BCUT2D eigenvalue weighted by Crippen LogP contribution is 2.15. The van der Waals surface area contributed by atoms with E-state index in [1.165, 1.54) is 73.6 Å². The number of aliphatic hydroxyl groups excluding tert-OH is 3. The molecule has 3 aromatic rings. The molecule has 188 valence electrons. The van der Waals surface area contributed by atoms with Crippen LogP contribution in [0, 0.1) is 0 Å². The smallest absolute Gasteiger partial charge is 0.340 e. The van der Waals surface area contributed by atoms with Crippen LogP contribution in [0.2, 0.25) is 0 Å². The molecule has 0 fully saturated rings. The maximum Gasteiger partial charge on any atom is 0.340 e. The Kier molecular flexibility index (Phi) is 9.51. The molecule has 0 aliphatic rings. The Hall–Kier alpha value is -4.26. The number of hydrogen-bond donors (Lipinski definition) is 3. The summed E-state index contributed by atoms with van der Waals surface area (Å²) in [6.45, 7) is -1.39. The van der Waals surface area contributed by atoms with Gasteiger partial charge in [-0.3, -0.25) is 15.0 Å². The minimum absolute atomic E-state index is 0.00625. The van der Waals surface area contributed by atoms with Crippen molar-refractivity contribution in [2.24, 2.45) is 0 Å². The third kappa shape index (κ3) is 7.37. The summed E-state index contributed by atoms with van der Waals surface area (Å²) in [5, 5.41) is 31.7. The van der Waals surface area contributed by atoms with E-state index in [4.69, 9.17) is 14.2 Å². The van der Waals surface area contributed by atoms with E-state index in [1.807, 2.05) is 0 Å². The molecule has 0 amide bonds. The number of aliphatic hydroxyl groups is 3. The normalized spacial score (nSPS) is 14.1. The summed E-state index contributed by atoms with van der Waals surface area (Å²) < 4.78 is 15.2. The zero-order chi connectivity index (χ0) is 25.9. The van der Waals surface area contributed by atoms with Crippen LogP contribution in [0.15, 0.2) is 73.6 Å². The van der Waals surface area contributed by atoms with Crippen LogP contribution < -0.4 is 0 Å². The standard InChI is InChI=1S/C24H23N3O9/c28-18(13-34-22(31)15-4-1-7-25-10-15)20(30)21(36-24(33)17-6-3-9-27-12-17)19(29)14-35-23(32)16-5-2-8-26-11-16/h1-12,18-21,28-30H,13-14H2/t18-,19-,20-,21-/m1/s1. The van der Waals surface area contributed by atoms with Gasteiger partial charge in [0, 0.05) is 37.2 Å². The average Bonchev–Trinajstić information content (AvgIpc) is 2.93. The molecule has 3 N–H and O–H groups in total. The Bertz CT molecular complexity index is 1130. The predicted octanol–water partition coefficient (Wildman–Crippen LogP) is 0.194. The first-order valence-corrected chi connectivity index (χ1v) is 10.7. The Morgan fingerprint density at radius 1 is 0.667 bits per heavy atom. The third-order valence-corrected chi connectivity index (χ3v) is 4.82. The van der Waals surface area contributed by atoms with Crippen LogP contribution in [0.3, 0.4) is 0 Å². The molecule has 12 heteroatoms. The van der Waals surface area contributed by atoms with E-state index in [9.17, 15) is 29.7 Å². The van der Waals surface area contributed by atoms with Gasteiger partial charge in [-0.25, -0.2) is 14.4 Å². The fourth-order valence-corrected chi connectivity index (χ4v) is 2.92. The van der Waals surface area contributed by atoms with E-state index in [0.717, 1.165) is 0 Å². The quantitative estimate of drug-likeness (QED) is 0.242. The van der Waals surface area contributed by atoms with Gasteiger partial charge >= 0.3 is 17.9 Å². The summed E-state index contributed by atoms with van der Waals surface area (Å²) in [5.41, 5.74) is 0.226. The molecule has 0 aliphatic carbocycles. The van der Waals surface area contributed by atoms with Crippen LogP contribution in [0.5, 0.6) is 0 Å². The van der Waals surface area contributed by atoms with Gasteiger partial charge < -0.3 is 29.5 Å². The Morgan fingerprint density at radius 2 is 1.08 bits per heavy atom. The van der Waals surface area contributed by atoms with E-state index in [0.29, 0.717) is 0 Å². The maximum atomic E-state index is 12.5. The van der Waals surface area contributed by atoms with Crippen molar-refractivity contribution in [1.29, 1.82) is 0 Å². The first kappa shape index (κ1) is 26.3. The highest BCUT2D eigenvalue weighted by molar-refractivity contribution is 5.90. The van der Waals surface area contributed by atoms with Crippen molar-refractivity contribution in [3.8, 4) is 0 Å². The maximum absolute atomic E-state index is 12.5. The van der Waals surface area contributed by atoms with E-state index in [1.54, 1.807) is 0 Å². The second-order valence-electron chi connectivity index (χ2n) is 7.42. The van der Waals surface area contributed by atoms with Gasteiger partial charge in [0.05, 0.1) is 16.7 Å². The molecule has 0 aromatic carbocycles. The molecule has 36 heavy (non-hydrogen) atoms. The molecule has 0 spiro atoms. The molecule has 0 aliphatic heterocycles. The molecular formula is C24H23N3O9. The lowest BCUT2D eigenvalue weighted by atomic mass is 10.0. The second kappa shape index (κ2) is 13.0. The number of nitrogens with zero attached hydrogens (tertiary/aromatic N) is 3. The molecule has 4 atom stereocenters. The van der Waals surface area contributed by atoms with Gasteiger partial charge in [0.25, 0.3) is 0 Å². The monoisotopic (exact) mass is 497 g/mol. The van der Waals surface area contributed by atoms with Gasteiger partial charge in [-0.1, -0.05) is 0 Å². The summed E-state index contributed by atoms with van der Waals surface area (Å²) in [5.74, 6) is -2.60. The predicted molar refractivity (Wildman–Crippen MR) is 120 cm³/mol. The molecule has 3 aromatic heterocycles. The Morgan fingerprint density at radius 3 is 1.50 bits per heavy atom. The number of pyridine rings is 3. The van der Waals surface area contributed by atoms with Gasteiger partial charge in [-0.05, 0) is 36.4 Å². The number of hydrogen-bond acceptors (Lipinski definition) is 12. The third-order valence-electron chi connectivity index (χ3n) is 4.82. The topological polar surface area (TPSA) is 178 Å². The van der Waals surface area contributed by atoms with Gasteiger partial charge in [0.15, 0.2) is 6.10 Å². The Labute approximate surface area is 205 Å². The van der Waals surface area contributed by atoms with Gasteiger partial charge in [-0.15, -0.1) is 0 Å². The summed E-state index contributed by atoms with van der Waals surface area (Å²) in [6, 6.07) is 8.77. The van der Waals surface area contributed by atoms with Crippen LogP contribution in [-0.4, -0.2) is 85.8 Å². The number of rotatable bonds is 11. The first-order valence-electron chi connectivity index (χ1n) is 10.7. The lowest BCUT2D eigenvalue weighted by molar-refractivity contribution is -0.130. The number of carbonyl (C=O) groups is 3. The molecule has 3 heterocycles. The van der Waals surface area contributed by atoms with E-state index < -0.39 is 55.5 Å². The van der Waals surface area contributed by atoms with E-state index in [-0.39, 0.29) is 16.7 Å². The van der Waals surface area contributed by atoms with Crippen LogP contribution in [0.1, 0.15) is 31.1 Å². The SMILES string of the molecule is O=C(OC[C@@H](O)[C@@H](O)[C@H](OC(=O)c1cccnc1)[C@H](O)COC(=O)c1cccnc1)c1cccnc1. The molecule has 0 saturated heterocycles. The lowest BCUT2D eigenvalue weighted by Crippen LogP contribution is -2.50. The fourth-order valence-electron chi connectivity index (χ4n) is 2.92. The molecular weight excluding hydrogens is 474 g/mol. The zero-order valence-electron chi connectivity index (χ0n) is 18.8. The van der Waals surface area contributed by atoms with Gasteiger partial charge in [0.1, 0.15) is 31.5 Å². The van der Waals surface area contributed by atoms with E-state index in [2.05, 4.69) is 15.0 Å². The zero-order valence-corrected chi connectivity index (χ0v) is 18.8. The fraction of sp³-hybridized carbons (Fsp3) is 0.250. The summed E-state index contributed by atoms with van der Waals surface area (Å²) >= 11 is 0. The minimum atomic E-state index is -1.93. The average molecular weight is 497 g/mol. The van der Waals surface area contributed by atoms with Crippen molar-refractivity contribution < 1.29 is 43.9 Å². The second-order valence-corrected chi connectivity index (χ2v) is 7.42. The summed E-state index contributed by atoms with van der Waals surface area (Å²) in [6.07, 6.45) is 0.811. The highest BCUT2D eigenvalue weighted by atomic mass is 16.6. The molecule has 0 saturated carbocycles. The highest BCUT2D eigenvalue weighted by Gasteiger charge is 2.37.